The first-order valence-corrected chi connectivity index (χ1v) is 10.3. The normalized spacial score (nSPS) is 22.9. The Kier molecular flexibility index (Phi) is 6.09. The predicted molar refractivity (Wildman–Crippen MR) is 120 cm³/mol. The number of nitrogens with zero attached hydrogens (tertiary/aromatic N) is 5. The van der Waals surface area contributed by atoms with Crippen LogP contribution in [0, 0.1) is 0 Å². The van der Waals surface area contributed by atoms with E-state index < -0.39 is 0 Å². The van der Waals surface area contributed by atoms with E-state index in [-0.39, 0.29) is 0 Å². The number of aromatic nitrogens is 2. The minimum atomic E-state index is 0.570. The van der Waals surface area contributed by atoms with E-state index in [1.165, 1.54) is 0 Å². The Bertz CT molecular complexity index is 965. The predicted octanol–water partition coefficient (Wildman–Crippen LogP) is 3.10. The van der Waals surface area contributed by atoms with E-state index in [1.807, 2.05) is 30.4 Å². The number of anilines is 1. The van der Waals surface area contributed by atoms with Gasteiger partial charge in [-0.1, -0.05) is 18.7 Å². The molecule has 7 nitrogen and oxygen atoms in total. The van der Waals surface area contributed by atoms with Crippen molar-refractivity contribution >= 4 is 17.1 Å². The Hall–Kier alpha value is -3.19. The molecule has 0 amide bonds. The first kappa shape index (κ1) is 20.1. The summed E-state index contributed by atoms with van der Waals surface area (Å²) >= 11 is 0. The zero-order valence-electron chi connectivity index (χ0n) is 17.6. The zero-order valence-corrected chi connectivity index (χ0v) is 17.6. The van der Waals surface area contributed by atoms with Crippen molar-refractivity contribution in [2.45, 2.75) is 19.9 Å². The van der Waals surface area contributed by atoms with Gasteiger partial charge in [-0.15, -0.1) is 0 Å². The molecule has 2 aliphatic rings. The average Bonchev–Trinajstić information content (AvgIpc) is 3.31. The van der Waals surface area contributed by atoms with Crippen molar-refractivity contribution in [2.75, 3.05) is 37.6 Å². The third-order valence-electron chi connectivity index (χ3n) is 5.45. The monoisotopic (exact) mass is 404 g/mol. The van der Waals surface area contributed by atoms with Crippen LogP contribution in [-0.4, -0.2) is 59.3 Å². The van der Waals surface area contributed by atoms with Crippen molar-refractivity contribution < 1.29 is 4.42 Å². The van der Waals surface area contributed by atoms with Crippen LogP contribution in [0.2, 0.25) is 0 Å². The Morgan fingerprint density at radius 2 is 2.00 bits per heavy atom. The highest BCUT2D eigenvalue weighted by Crippen LogP contribution is 2.22. The SMILES string of the molecule is C=C1/C=C(c2ccoc2)\C=C/CN/N=C\1c1cc(N2CCN(C(C)C)CC2)ncn1. The van der Waals surface area contributed by atoms with Crippen LogP contribution in [0.5, 0.6) is 0 Å². The number of allylic oxidation sites excluding steroid dienone is 4. The van der Waals surface area contributed by atoms with E-state index >= 15 is 0 Å². The molecule has 1 fully saturated rings. The largest absolute Gasteiger partial charge is 0.472 e. The van der Waals surface area contributed by atoms with Gasteiger partial charge < -0.3 is 14.7 Å². The van der Waals surface area contributed by atoms with Gasteiger partial charge in [0.2, 0.25) is 0 Å². The minimum absolute atomic E-state index is 0.570. The summed E-state index contributed by atoms with van der Waals surface area (Å²) in [7, 11) is 0. The highest BCUT2D eigenvalue weighted by Gasteiger charge is 2.21. The maximum Gasteiger partial charge on any atom is 0.132 e. The van der Waals surface area contributed by atoms with E-state index in [0.29, 0.717) is 18.3 Å². The second-order valence-corrected chi connectivity index (χ2v) is 7.74. The van der Waals surface area contributed by atoms with Crippen molar-refractivity contribution in [3.63, 3.8) is 0 Å². The fourth-order valence-corrected chi connectivity index (χ4v) is 3.69. The number of hydrogen-bond acceptors (Lipinski definition) is 7. The van der Waals surface area contributed by atoms with Crippen LogP contribution in [0.1, 0.15) is 25.1 Å². The number of rotatable bonds is 4. The number of piperazine rings is 1. The number of nitrogens with one attached hydrogen (secondary N) is 1. The average molecular weight is 405 g/mol. The van der Waals surface area contributed by atoms with Crippen LogP contribution in [0.25, 0.3) is 5.57 Å². The second kappa shape index (κ2) is 9.09. The van der Waals surface area contributed by atoms with Crippen molar-refractivity contribution in [2.24, 2.45) is 5.10 Å². The van der Waals surface area contributed by atoms with E-state index in [2.05, 4.69) is 50.7 Å². The fraction of sp³-hybridized carbons (Fsp3) is 0.348. The Balaban J connectivity index is 1.58. The molecular weight excluding hydrogens is 376 g/mol. The second-order valence-electron chi connectivity index (χ2n) is 7.74. The van der Waals surface area contributed by atoms with Crippen LogP contribution < -0.4 is 10.3 Å². The molecule has 0 radical (unpaired) electrons. The molecule has 0 bridgehead atoms. The summed E-state index contributed by atoms with van der Waals surface area (Å²) in [5, 5.41) is 4.56. The lowest BCUT2D eigenvalue weighted by Gasteiger charge is -2.37. The molecule has 2 aliphatic heterocycles. The summed E-state index contributed by atoms with van der Waals surface area (Å²) < 4.78 is 5.24. The van der Waals surface area contributed by atoms with Crippen LogP contribution in [0.3, 0.4) is 0 Å². The highest BCUT2D eigenvalue weighted by molar-refractivity contribution is 6.14. The lowest BCUT2D eigenvalue weighted by Crippen LogP contribution is -2.49. The molecule has 30 heavy (non-hydrogen) atoms. The van der Waals surface area contributed by atoms with Crippen LogP contribution >= 0.6 is 0 Å². The van der Waals surface area contributed by atoms with Gasteiger partial charge >= 0.3 is 0 Å². The number of hydrazone groups is 1. The topological polar surface area (TPSA) is 69.8 Å². The van der Waals surface area contributed by atoms with Gasteiger partial charge in [0.1, 0.15) is 17.9 Å². The fourth-order valence-electron chi connectivity index (χ4n) is 3.69. The molecule has 0 aliphatic carbocycles. The molecule has 1 N–H and O–H groups in total. The molecule has 0 unspecified atom stereocenters. The Labute approximate surface area is 177 Å². The van der Waals surface area contributed by atoms with E-state index in [9.17, 15) is 0 Å². The summed E-state index contributed by atoms with van der Waals surface area (Å²) in [6.07, 6.45) is 11.1. The maximum absolute atomic E-state index is 5.24. The van der Waals surface area contributed by atoms with E-state index in [1.54, 1.807) is 18.9 Å². The summed E-state index contributed by atoms with van der Waals surface area (Å²) in [6, 6.07) is 4.51. The Morgan fingerprint density at radius 3 is 2.73 bits per heavy atom. The molecule has 156 valence electrons. The lowest BCUT2D eigenvalue weighted by atomic mass is 10.0. The highest BCUT2D eigenvalue weighted by atomic mass is 16.3. The summed E-state index contributed by atoms with van der Waals surface area (Å²) in [4.78, 5) is 13.8. The molecular formula is C23H28N6O. The van der Waals surface area contributed by atoms with Gasteiger partial charge in [0.05, 0.1) is 24.8 Å². The molecule has 2 aromatic heterocycles. The molecule has 1 saturated heterocycles. The lowest BCUT2D eigenvalue weighted by molar-refractivity contribution is 0.209. The Morgan fingerprint density at radius 1 is 1.17 bits per heavy atom. The van der Waals surface area contributed by atoms with Gasteiger partial charge in [0.25, 0.3) is 0 Å². The minimum Gasteiger partial charge on any atom is -0.472 e. The first-order chi connectivity index (χ1) is 14.6. The third-order valence-corrected chi connectivity index (χ3v) is 5.45. The van der Waals surface area contributed by atoms with E-state index in [0.717, 1.165) is 54.4 Å². The molecule has 0 atom stereocenters. The van der Waals surface area contributed by atoms with Gasteiger partial charge in [-0.2, -0.15) is 5.10 Å². The molecule has 0 saturated carbocycles. The first-order valence-electron chi connectivity index (χ1n) is 10.3. The van der Waals surface area contributed by atoms with Crippen LogP contribution in [0.15, 0.2) is 70.9 Å². The smallest absolute Gasteiger partial charge is 0.132 e. The van der Waals surface area contributed by atoms with Crippen LogP contribution in [-0.2, 0) is 0 Å². The van der Waals surface area contributed by atoms with Crippen molar-refractivity contribution in [1.82, 2.24) is 20.3 Å². The summed E-state index contributed by atoms with van der Waals surface area (Å²) in [5.74, 6) is 0.927. The van der Waals surface area contributed by atoms with Gasteiger partial charge in [0.15, 0.2) is 0 Å². The van der Waals surface area contributed by atoms with Crippen LogP contribution in [0.4, 0.5) is 5.82 Å². The van der Waals surface area contributed by atoms with Crippen molar-refractivity contribution in [1.29, 1.82) is 0 Å². The summed E-state index contributed by atoms with van der Waals surface area (Å²) in [6.45, 7) is 13.3. The third kappa shape index (κ3) is 4.52. The molecule has 4 rings (SSSR count). The van der Waals surface area contributed by atoms with Gasteiger partial charge in [-0.25, -0.2) is 9.97 Å². The molecule has 0 aromatic carbocycles. The standard InChI is InChI=1S/C23H28N6O/c1-17(2)28-8-10-29(11-9-28)22-14-21(24-16-25-22)23-18(3)13-19(5-4-7-26-27-23)20-6-12-30-15-20/h4-6,12-17,26H,3,7-11H2,1-2H3/b5-4-,19-13+,27-23+. The van der Waals surface area contributed by atoms with Crippen molar-refractivity contribution in [3.8, 4) is 0 Å². The molecule has 0 spiro atoms. The van der Waals surface area contributed by atoms with Gasteiger partial charge in [0, 0.05) is 43.9 Å². The summed E-state index contributed by atoms with van der Waals surface area (Å²) in [5.41, 5.74) is 7.36. The number of furan rings is 1. The molecule has 2 aromatic rings. The molecule has 4 heterocycles. The van der Waals surface area contributed by atoms with Gasteiger partial charge in [-0.3, -0.25) is 4.90 Å². The molecule has 7 heteroatoms. The zero-order chi connectivity index (χ0) is 20.9. The maximum atomic E-state index is 5.24. The van der Waals surface area contributed by atoms with Crippen molar-refractivity contribution in [3.05, 3.63) is 72.6 Å². The van der Waals surface area contributed by atoms with E-state index in [4.69, 9.17) is 4.42 Å². The van der Waals surface area contributed by atoms with Gasteiger partial charge in [-0.05, 0) is 37.1 Å². The number of hydrogen-bond donors (Lipinski definition) is 1. The quantitative estimate of drug-likeness (QED) is 0.845.